The lowest BCUT2D eigenvalue weighted by molar-refractivity contribution is -0.123. The molecule has 0 atom stereocenters. The minimum Gasteiger partial charge on any atom is -0.467 e. The van der Waals surface area contributed by atoms with E-state index in [2.05, 4.69) is 5.32 Å². The third-order valence-electron chi connectivity index (χ3n) is 5.32. The number of thiocarbonyl (C=S) groups is 1. The molecular weight excluding hydrogens is 494 g/mol. The van der Waals surface area contributed by atoms with Crippen molar-refractivity contribution in [3.63, 3.8) is 0 Å². The molecule has 2 aliphatic rings. The number of furan rings is 1. The fourth-order valence-electron chi connectivity index (χ4n) is 3.78. The van der Waals surface area contributed by atoms with E-state index in [9.17, 15) is 14.4 Å². The van der Waals surface area contributed by atoms with E-state index in [0.717, 1.165) is 11.8 Å². The van der Waals surface area contributed by atoms with Gasteiger partial charge in [0.25, 0.3) is 11.8 Å². The Morgan fingerprint density at radius 2 is 1.76 bits per heavy atom. The summed E-state index contributed by atoms with van der Waals surface area (Å²) in [5.41, 5.74) is 1.96. The quantitative estimate of drug-likeness (QED) is 0.397. The van der Waals surface area contributed by atoms with Crippen LogP contribution in [-0.4, -0.2) is 33.5 Å². The molecule has 1 N–H and O–H groups in total. The molecule has 3 aromatic rings. The van der Waals surface area contributed by atoms with E-state index in [1.54, 1.807) is 60.7 Å². The molecule has 0 bridgehead atoms. The first kappa shape index (κ1) is 22.4. The maximum Gasteiger partial charge on any atom is 0.267 e. The normalized spacial score (nSPS) is 17.5. The number of carbonyl (C=O) groups is 3. The Balaban J connectivity index is 1.43. The van der Waals surface area contributed by atoms with Gasteiger partial charge in [0, 0.05) is 16.3 Å². The molecule has 3 heterocycles. The number of anilines is 2. The molecule has 0 saturated carbocycles. The molecule has 7 nitrogen and oxygen atoms in total. The number of hydrogen-bond donors (Lipinski definition) is 1. The van der Waals surface area contributed by atoms with Gasteiger partial charge in [0.05, 0.1) is 29.0 Å². The molecule has 0 aliphatic carbocycles. The highest BCUT2D eigenvalue weighted by atomic mass is 35.5. The van der Waals surface area contributed by atoms with Gasteiger partial charge in [0.15, 0.2) is 0 Å². The van der Waals surface area contributed by atoms with Crippen LogP contribution in [0.4, 0.5) is 11.4 Å². The van der Waals surface area contributed by atoms with Gasteiger partial charge in [-0.2, -0.15) is 0 Å². The number of nitrogens with one attached hydrogen (secondary N) is 1. The predicted molar refractivity (Wildman–Crippen MR) is 135 cm³/mol. The van der Waals surface area contributed by atoms with Crippen molar-refractivity contribution in [2.24, 2.45) is 0 Å². The molecule has 2 aromatic carbocycles. The van der Waals surface area contributed by atoms with E-state index >= 15 is 0 Å². The SMILES string of the molecule is O=C(CN1C(=O)/C(=C2/SC(=S)N(Cc3ccco3)C2=O)c2ccccc21)Nc1ccc(Cl)cc1. The van der Waals surface area contributed by atoms with Crippen LogP contribution in [0.15, 0.2) is 76.2 Å². The van der Waals surface area contributed by atoms with Gasteiger partial charge in [0.1, 0.15) is 16.6 Å². The van der Waals surface area contributed by atoms with Crippen molar-refractivity contribution < 1.29 is 18.8 Å². The van der Waals surface area contributed by atoms with Gasteiger partial charge >= 0.3 is 0 Å². The molecule has 2 aliphatic heterocycles. The van der Waals surface area contributed by atoms with Crippen LogP contribution in [0.25, 0.3) is 5.57 Å². The highest BCUT2D eigenvalue weighted by Crippen LogP contribution is 2.44. The van der Waals surface area contributed by atoms with Crippen LogP contribution in [0.1, 0.15) is 11.3 Å². The molecule has 10 heteroatoms. The number of amides is 3. The first-order valence-electron chi connectivity index (χ1n) is 10.2. The maximum absolute atomic E-state index is 13.5. The van der Waals surface area contributed by atoms with Crippen LogP contribution in [-0.2, 0) is 20.9 Å². The Bertz CT molecular complexity index is 1350. The minimum absolute atomic E-state index is 0.178. The first-order chi connectivity index (χ1) is 16.4. The molecule has 0 unspecified atom stereocenters. The Morgan fingerprint density at radius 3 is 2.50 bits per heavy atom. The monoisotopic (exact) mass is 509 g/mol. The highest BCUT2D eigenvalue weighted by molar-refractivity contribution is 8.26. The fraction of sp³-hybridized carbons (Fsp3) is 0.0833. The van der Waals surface area contributed by atoms with Crippen LogP contribution >= 0.6 is 35.6 Å². The fourth-order valence-corrected chi connectivity index (χ4v) is 5.23. The molecule has 1 fully saturated rings. The second kappa shape index (κ2) is 9.09. The number of para-hydroxylation sites is 1. The summed E-state index contributed by atoms with van der Waals surface area (Å²) < 4.78 is 5.68. The summed E-state index contributed by atoms with van der Waals surface area (Å²) in [6.07, 6.45) is 1.52. The Morgan fingerprint density at radius 1 is 1.00 bits per heavy atom. The zero-order valence-electron chi connectivity index (χ0n) is 17.5. The number of carbonyl (C=O) groups excluding carboxylic acids is 3. The van der Waals surface area contributed by atoms with Crippen molar-refractivity contribution in [3.05, 3.63) is 88.2 Å². The molecule has 1 saturated heterocycles. The second-order valence-electron chi connectivity index (χ2n) is 7.51. The number of hydrogen-bond acceptors (Lipinski definition) is 6. The van der Waals surface area contributed by atoms with Crippen molar-refractivity contribution in [2.75, 3.05) is 16.8 Å². The second-order valence-corrected chi connectivity index (χ2v) is 9.59. The van der Waals surface area contributed by atoms with Crippen molar-refractivity contribution >= 4 is 74.6 Å². The topological polar surface area (TPSA) is 82.9 Å². The summed E-state index contributed by atoms with van der Waals surface area (Å²) in [6, 6.07) is 17.2. The van der Waals surface area contributed by atoms with Crippen LogP contribution in [0.3, 0.4) is 0 Å². The van der Waals surface area contributed by atoms with E-state index in [-0.39, 0.29) is 35.4 Å². The van der Waals surface area contributed by atoms with Crippen LogP contribution < -0.4 is 10.2 Å². The molecule has 0 spiro atoms. The molecule has 0 radical (unpaired) electrons. The summed E-state index contributed by atoms with van der Waals surface area (Å²) in [7, 11) is 0. The zero-order chi connectivity index (χ0) is 23.8. The van der Waals surface area contributed by atoms with E-state index < -0.39 is 5.91 Å². The van der Waals surface area contributed by atoms with Gasteiger partial charge in [-0.25, -0.2) is 0 Å². The number of fused-ring (bicyclic) bond motifs is 1. The van der Waals surface area contributed by atoms with Gasteiger partial charge in [-0.3, -0.25) is 24.2 Å². The maximum atomic E-state index is 13.5. The average molecular weight is 510 g/mol. The Hall–Kier alpha value is -3.40. The third-order valence-corrected chi connectivity index (χ3v) is 7.02. The lowest BCUT2D eigenvalue weighted by Crippen LogP contribution is -2.35. The summed E-state index contributed by atoms with van der Waals surface area (Å²) in [6.45, 7) is -0.0356. The molecular formula is C24H16ClN3O4S2. The first-order valence-corrected chi connectivity index (χ1v) is 11.8. The van der Waals surface area contributed by atoms with Gasteiger partial charge in [-0.15, -0.1) is 0 Å². The Labute approximate surface area is 209 Å². The summed E-state index contributed by atoms with van der Waals surface area (Å²) in [5.74, 6) is -0.582. The lowest BCUT2D eigenvalue weighted by atomic mass is 10.1. The average Bonchev–Trinajstić information content (AvgIpc) is 3.50. The predicted octanol–water partition coefficient (Wildman–Crippen LogP) is 4.69. The third kappa shape index (κ3) is 4.13. The van der Waals surface area contributed by atoms with Gasteiger partial charge < -0.3 is 9.73 Å². The molecule has 5 rings (SSSR count). The number of rotatable bonds is 5. The summed E-state index contributed by atoms with van der Waals surface area (Å²) >= 11 is 12.4. The van der Waals surface area contributed by atoms with E-state index in [1.807, 2.05) is 0 Å². The molecule has 3 amide bonds. The van der Waals surface area contributed by atoms with Crippen molar-refractivity contribution in [1.29, 1.82) is 0 Å². The number of nitrogens with zero attached hydrogens (tertiary/aromatic N) is 2. The van der Waals surface area contributed by atoms with Crippen molar-refractivity contribution in [3.8, 4) is 0 Å². The number of halogens is 1. The lowest BCUT2D eigenvalue weighted by Gasteiger charge is -2.16. The van der Waals surface area contributed by atoms with E-state index in [1.165, 1.54) is 16.1 Å². The summed E-state index contributed by atoms with van der Waals surface area (Å²) in [5, 5.41) is 3.31. The van der Waals surface area contributed by atoms with Gasteiger partial charge in [-0.05, 0) is 42.5 Å². The number of thioether (sulfide) groups is 1. The highest BCUT2D eigenvalue weighted by Gasteiger charge is 2.42. The molecule has 170 valence electrons. The van der Waals surface area contributed by atoms with Crippen LogP contribution in [0.5, 0.6) is 0 Å². The minimum atomic E-state index is -0.425. The van der Waals surface area contributed by atoms with Gasteiger partial charge in [0.2, 0.25) is 5.91 Å². The molecule has 34 heavy (non-hydrogen) atoms. The Kier molecular flexibility index (Phi) is 5.99. The standard InChI is InChI=1S/C24H16ClN3O4S2/c25-14-7-9-15(10-8-14)26-19(29)13-27-18-6-2-1-5-17(18)20(22(27)30)21-23(31)28(24(33)34-21)12-16-4-3-11-32-16/h1-11H,12-13H2,(H,26,29)/b21-20+. The van der Waals surface area contributed by atoms with E-state index in [0.29, 0.717) is 32.0 Å². The van der Waals surface area contributed by atoms with E-state index in [4.69, 9.17) is 28.2 Å². The van der Waals surface area contributed by atoms with Crippen LogP contribution in [0.2, 0.25) is 5.02 Å². The number of benzene rings is 2. The largest absolute Gasteiger partial charge is 0.467 e. The smallest absolute Gasteiger partial charge is 0.267 e. The zero-order valence-corrected chi connectivity index (χ0v) is 19.9. The van der Waals surface area contributed by atoms with Crippen LogP contribution in [0, 0.1) is 0 Å². The summed E-state index contributed by atoms with van der Waals surface area (Å²) in [4.78, 5) is 42.5. The van der Waals surface area contributed by atoms with Gasteiger partial charge in [-0.1, -0.05) is 53.8 Å². The van der Waals surface area contributed by atoms with Crippen molar-refractivity contribution in [1.82, 2.24) is 4.90 Å². The van der Waals surface area contributed by atoms with Crippen molar-refractivity contribution in [2.45, 2.75) is 6.54 Å². The molecule has 1 aromatic heterocycles.